The normalized spacial score (nSPS) is 40.2. The van der Waals surface area contributed by atoms with E-state index in [-0.39, 0.29) is 5.54 Å². The average molecular weight is 250 g/mol. The van der Waals surface area contributed by atoms with Crippen LogP contribution in [0.25, 0.3) is 0 Å². The first-order chi connectivity index (χ1) is 8.48. The van der Waals surface area contributed by atoms with Crippen molar-refractivity contribution in [3.63, 3.8) is 0 Å². The average Bonchev–Trinajstić information content (AvgIpc) is 2.82. The smallest absolute Gasteiger partial charge is 0.0354 e. The van der Waals surface area contributed by atoms with Gasteiger partial charge in [-0.1, -0.05) is 13.3 Å². The summed E-state index contributed by atoms with van der Waals surface area (Å²) < 4.78 is 0. The molecular formula is C16H30N2. The number of hydrogen-bond acceptors (Lipinski definition) is 2. The minimum absolute atomic E-state index is 0.217. The fraction of sp³-hybridized carbons (Fsp3) is 1.00. The molecule has 3 saturated carbocycles. The minimum atomic E-state index is 0.217. The van der Waals surface area contributed by atoms with Gasteiger partial charge >= 0.3 is 0 Å². The Kier molecular flexibility index (Phi) is 3.02. The fourth-order valence-corrected chi connectivity index (χ4v) is 4.74. The second-order valence-electron chi connectivity index (χ2n) is 7.85. The molecule has 2 heteroatoms. The molecular weight excluding hydrogens is 220 g/mol. The Balaban J connectivity index is 1.65. The summed E-state index contributed by atoms with van der Waals surface area (Å²) in [5.74, 6) is 3.06. The summed E-state index contributed by atoms with van der Waals surface area (Å²) in [6.45, 7) is 6.91. The van der Waals surface area contributed by atoms with Crippen LogP contribution in [0.4, 0.5) is 0 Å². The zero-order valence-corrected chi connectivity index (χ0v) is 12.4. The quantitative estimate of drug-likeness (QED) is 0.813. The van der Waals surface area contributed by atoms with E-state index in [1.807, 2.05) is 0 Å². The van der Waals surface area contributed by atoms with Crippen molar-refractivity contribution in [2.24, 2.45) is 28.9 Å². The van der Waals surface area contributed by atoms with Gasteiger partial charge in [0.15, 0.2) is 0 Å². The van der Waals surface area contributed by atoms with Gasteiger partial charge in [0.05, 0.1) is 0 Å². The topological polar surface area (TPSA) is 29.3 Å². The zero-order valence-electron chi connectivity index (χ0n) is 12.4. The number of nitrogens with two attached hydrogens (primary N) is 1. The monoisotopic (exact) mass is 250 g/mol. The second kappa shape index (κ2) is 4.21. The van der Waals surface area contributed by atoms with Crippen LogP contribution in [-0.2, 0) is 0 Å². The molecule has 0 heterocycles. The molecule has 4 unspecified atom stereocenters. The van der Waals surface area contributed by atoms with E-state index in [1.54, 1.807) is 0 Å². The maximum atomic E-state index is 6.14. The third-order valence-corrected chi connectivity index (χ3v) is 6.93. The third kappa shape index (κ3) is 1.84. The Morgan fingerprint density at radius 1 is 1.28 bits per heavy atom. The molecule has 3 aliphatic carbocycles. The van der Waals surface area contributed by atoms with Gasteiger partial charge in [-0.25, -0.2) is 0 Å². The predicted octanol–water partition coefficient (Wildman–Crippen LogP) is 2.87. The van der Waals surface area contributed by atoms with Crippen LogP contribution in [0.5, 0.6) is 0 Å². The summed E-state index contributed by atoms with van der Waals surface area (Å²) in [6.07, 6.45) is 8.75. The number of fused-ring (bicyclic) bond motifs is 2. The minimum Gasteiger partial charge on any atom is -0.329 e. The highest BCUT2D eigenvalue weighted by Gasteiger charge is 2.54. The predicted molar refractivity (Wildman–Crippen MR) is 76.4 cm³/mol. The highest BCUT2D eigenvalue weighted by atomic mass is 15.2. The van der Waals surface area contributed by atoms with Gasteiger partial charge in [-0.2, -0.15) is 0 Å². The van der Waals surface area contributed by atoms with Gasteiger partial charge in [-0.05, 0) is 69.2 Å². The molecule has 2 N–H and O–H groups in total. The van der Waals surface area contributed by atoms with E-state index in [0.29, 0.717) is 5.41 Å². The standard InChI is InChI=1S/C16H30N2/c1-15(6-7-15)16(2,11-17)18(3)10-14-9-12-4-5-13(14)8-12/h12-14H,4-11,17H2,1-3H3. The van der Waals surface area contributed by atoms with Gasteiger partial charge in [0.1, 0.15) is 0 Å². The summed E-state index contributed by atoms with van der Waals surface area (Å²) in [7, 11) is 2.32. The van der Waals surface area contributed by atoms with Crippen LogP contribution in [0.3, 0.4) is 0 Å². The van der Waals surface area contributed by atoms with Gasteiger partial charge in [-0.15, -0.1) is 0 Å². The number of likely N-dealkylation sites (N-methyl/N-ethyl adjacent to an activating group) is 1. The van der Waals surface area contributed by atoms with Gasteiger partial charge in [-0.3, -0.25) is 4.90 Å². The van der Waals surface area contributed by atoms with Crippen molar-refractivity contribution in [1.82, 2.24) is 4.90 Å². The van der Waals surface area contributed by atoms with Gasteiger partial charge in [0, 0.05) is 18.6 Å². The SMILES string of the molecule is CN(CC1CC2CCC1C2)C(C)(CN)C1(C)CC1. The van der Waals surface area contributed by atoms with Crippen molar-refractivity contribution >= 4 is 0 Å². The summed E-state index contributed by atoms with van der Waals surface area (Å²) in [5.41, 5.74) is 6.84. The van der Waals surface area contributed by atoms with Crippen LogP contribution < -0.4 is 5.73 Å². The molecule has 0 aromatic rings. The molecule has 0 aromatic heterocycles. The number of hydrogen-bond donors (Lipinski definition) is 1. The van der Waals surface area contributed by atoms with E-state index >= 15 is 0 Å². The van der Waals surface area contributed by atoms with E-state index < -0.39 is 0 Å². The van der Waals surface area contributed by atoms with E-state index in [2.05, 4.69) is 25.8 Å². The molecule has 0 spiro atoms. The van der Waals surface area contributed by atoms with Crippen LogP contribution in [0, 0.1) is 23.2 Å². The molecule has 18 heavy (non-hydrogen) atoms. The van der Waals surface area contributed by atoms with Crippen molar-refractivity contribution in [2.45, 2.75) is 57.9 Å². The van der Waals surface area contributed by atoms with Crippen molar-refractivity contribution in [1.29, 1.82) is 0 Å². The first-order valence-electron chi connectivity index (χ1n) is 7.90. The molecule has 0 amide bonds. The van der Waals surface area contributed by atoms with E-state index in [1.165, 1.54) is 45.1 Å². The lowest BCUT2D eigenvalue weighted by molar-refractivity contribution is 0.0491. The van der Waals surface area contributed by atoms with E-state index in [0.717, 1.165) is 24.3 Å². The van der Waals surface area contributed by atoms with Crippen LogP contribution in [0.2, 0.25) is 0 Å². The molecule has 2 nitrogen and oxygen atoms in total. The fourth-order valence-electron chi connectivity index (χ4n) is 4.74. The van der Waals surface area contributed by atoms with Crippen LogP contribution in [0.1, 0.15) is 52.4 Å². The summed E-state index contributed by atoms with van der Waals surface area (Å²) in [4.78, 5) is 2.62. The van der Waals surface area contributed by atoms with Crippen LogP contribution in [0.15, 0.2) is 0 Å². The number of nitrogens with zero attached hydrogens (tertiary/aromatic N) is 1. The largest absolute Gasteiger partial charge is 0.329 e. The van der Waals surface area contributed by atoms with Crippen molar-refractivity contribution < 1.29 is 0 Å². The third-order valence-electron chi connectivity index (χ3n) is 6.93. The number of rotatable bonds is 5. The first-order valence-corrected chi connectivity index (χ1v) is 7.90. The maximum absolute atomic E-state index is 6.14. The lowest BCUT2D eigenvalue weighted by Crippen LogP contribution is -2.56. The molecule has 2 bridgehead atoms. The highest BCUT2D eigenvalue weighted by Crippen LogP contribution is 2.56. The summed E-state index contributed by atoms with van der Waals surface area (Å²) >= 11 is 0. The molecule has 4 atom stereocenters. The van der Waals surface area contributed by atoms with E-state index in [9.17, 15) is 0 Å². The molecule has 0 radical (unpaired) electrons. The lowest BCUT2D eigenvalue weighted by Gasteiger charge is -2.45. The Labute approximate surface area is 112 Å². The molecule has 0 saturated heterocycles. The maximum Gasteiger partial charge on any atom is 0.0354 e. The van der Waals surface area contributed by atoms with E-state index in [4.69, 9.17) is 5.73 Å². The Morgan fingerprint density at radius 3 is 2.44 bits per heavy atom. The Bertz CT molecular complexity index is 323. The molecule has 0 aliphatic heterocycles. The van der Waals surface area contributed by atoms with Crippen LogP contribution >= 0.6 is 0 Å². The lowest BCUT2D eigenvalue weighted by atomic mass is 9.80. The summed E-state index contributed by atoms with van der Waals surface area (Å²) in [6, 6.07) is 0. The van der Waals surface area contributed by atoms with Crippen molar-refractivity contribution in [2.75, 3.05) is 20.1 Å². The van der Waals surface area contributed by atoms with Gasteiger partial charge in [0.2, 0.25) is 0 Å². The first kappa shape index (κ1) is 12.9. The molecule has 0 aromatic carbocycles. The van der Waals surface area contributed by atoms with Crippen molar-refractivity contribution in [3.05, 3.63) is 0 Å². The molecule has 3 aliphatic rings. The van der Waals surface area contributed by atoms with Crippen LogP contribution in [-0.4, -0.2) is 30.6 Å². The second-order valence-corrected chi connectivity index (χ2v) is 7.85. The van der Waals surface area contributed by atoms with Crippen molar-refractivity contribution in [3.8, 4) is 0 Å². The Hall–Kier alpha value is -0.0800. The van der Waals surface area contributed by atoms with Gasteiger partial charge < -0.3 is 5.73 Å². The Morgan fingerprint density at radius 2 is 2.00 bits per heavy atom. The molecule has 3 fully saturated rings. The van der Waals surface area contributed by atoms with Gasteiger partial charge in [0.25, 0.3) is 0 Å². The molecule has 104 valence electrons. The zero-order chi connectivity index (χ0) is 13.0. The molecule has 3 rings (SSSR count). The summed E-state index contributed by atoms with van der Waals surface area (Å²) in [5, 5.41) is 0. The highest BCUT2D eigenvalue weighted by molar-refractivity contribution is 5.09.